The zero-order valence-electron chi connectivity index (χ0n) is 21.1. The quantitative estimate of drug-likeness (QED) is 0.296. The van der Waals surface area contributed by atoms with Gasteiger partial charge in [-0.15, -0.1) is 10.2 Å². The third-order valence-electron chi connectivity index (χ3n) is 5.54. The lowest BCUT2D eigenvalue weighted by atomic mass is 9.93. The molecule has 0 amide bonds. The van der Waals surface area contributed by atoms with E-state index in [0.29, 0.717) is 46.8 Å². The molecule has 0 fully saturated rings. The Morgan fingerprint density at radius 1 is 1.03 bits per heavy atom. The number of rotatable bonds is 9. The van der Waals surface area contributed by atoms with Gasteiger partial charge < -0.3 is 9.15 Å². The van der Waals surface area contributed by atoms with E-state index in [2.05, 4.69) is 20.0 Å². The summed E-state index contributed by atoms with van der Waals surface area (Å²) in [6.45, 7) is 7.12. The molecule has 0 atom stereocenters. The Morgan fingerprint density at radius 3 is 2.34 bits per heavy atom. The monoisotopic (exact) mass is 549 g/mol. The SMILES string of the molecule is CCn1nc(-c2cccc(C(C)(C)NS(=O)(=O)CC(F)(F)F)c2)cc1Oc1ccc(-c2nnc(C)o2)cc1. The highest BCUT2D eigenvalue weighted by molar-refractivity contribution is 7.89. The van der Waals surface area contributed by atoms with Crippen LogP contribution in [0.25, 0.3) is 22.7 Å². The first-order chi connectivity index (χ1) is 17.7. The van der Waals surface area contributed by atoms with Crippen molar-refractivity contribution in [3.63, 3.8) is 0 Å². The normalized spacial score (nSPS) is 12.6. The summed E-state index contributed by atoms with van der Waals surface area (Å²) < 4.78 is 77.5. The molecule has 2 aromatic heterocycles. The molecule has 0 unspecified atom stereocenters. The van der Waals surface area contributed by atoms with E-state index in [4.69, 9.17) is 9.15 Å². The van der Waals surface area contributed by atoms with E-state index < -0.39 is 27.5 Å². The largest absolute Gasteiger partial charge is 0.439 e. The fourth-order valence-electron chi connectivity index (χ4n) is 3.82. The standard InChI is InChI=1S/C25H26F3N5O4S/c1-5-33-22(37-20-11-9-17(10-12-20)23-30-29-16(2)36-23)14-21(31-33)18-7-6-8-19(13-18)24(3,4)32-38(34,35)15-25(26,27)28/h6-14,32H,5,15H2,1-4H3. The highest BCUT2D eigenvalue weighted by Gasteiger charge is 2.38. The minimum Gasteiger partial charge on any atom is -0.439 e. The van der Waals surface area contributed by atoms with Crippen LogP contribution in [0.5, 0.6) is 11.6 Å². The maximum Gasteiger partial charge on any atom is 0.404 e. The van der Waals surface area contributed by atoms with Crippen molar-refractivity contribution in [2.24, 2.45) is 0 Å². The molecule has 202 valence electrons. The van der Waals surface area contributed by atoms with Crippen molar-refractivity contribution >= 4 is 10.0 Å². The molecule has 13 heteroatoms. The number of aryl methyl sites for hydroxylation is 2. The number of nitrogens with zero attached hydrogens (tertiary/aromatic N) is 4. The third-order valence-corrected chi connectivity index (χ3v) is 7.07. The van der Waals surface area contributed by atoms with Crippen LogP contribution in [0.1, 0.15) is 32.2 Å². The first-order valence-electron chi connectivity index (χ1n) is 11.6. The molecular weight excluding hydrogens is 523 g/mol. The molecule has 4 aromatic rings. The minimum atomic E-state index is -4.85. The van der Waals surface area contributed by atoms with Crippen LogP contribution < -0.4 is 9.46 Å². The summed E-state index contributed by atoms with van der Waals surface area (Å²) in [6, 6.07) is 15.6. The molecule has 0 aliphatic heterocycles. The van der Waals surface area contributed by atoms with Crippen molar-refractivity contribution in [1.29, 1.82) is 0 Å². The second-order valence-corrected chi connectivity index (χ2v) is 10.8. The molecule has 1 N–H and O–H groups in total. The van der Waals surface area contributed by atoms with Crippen molar-refractivity contribution in [3.05, 3.63) is 66.1 Å². The van der Waals surface area contributed by atoms with E-state index in [1.807, 2.05) is 6.92 Å². The van der Waals surface area contributed by atoms with Gasteiger partial charge in [0.2, 0.25) is 27.7 Å². The lowest BCUT2D eigenvalue weighted by molar-refractivity contribution is -0.106. The van der Waals surface area contributed by atoms with E-state index in [9.17, 15) is 21.6 Å². The molecule has 9 nitrogen and oxygen atoms in total. The van der Waals surface area contributed by atoms with Crippen molar-refractivity contribution < 1.29 is 30.7 Å². The molecule has 38 heavy (non-hydrogen) atoms. The second kappa shape index (κ2) is 10.2. The summed E-state index contributed by atoms with van der Waals surface area (Å²) in [6.07, 6.45) is -4.85. The van der Waals surface area contributed by atoms with Crippen LogP contribution in [-0.4, -0.2) is 40.3 Å². The number of nitrogens with one attached hydrogen (secondary N) is 1. The molecule has 0 aliphatic carbocycles. The molecular formula is C25H26F3N5O4S. The van der Waals surface area contributed by atoms with Gasteiger partial charge in [0, 0.05) is 30.7 Å². The van der Waals surface area contributed by atoms with Crippen LogP contribution in [0.2, 0.25) is 0 Å². The van der Waals surface area contributed by atoms with Crippen molar-refractivity contribution in [2.45, 2.75) is 46.0 Å². The maximum atomic E-state index is 12.7. The van der Waals surface area contributed by atoms with Crippen LogP contribution in [0.4, 0.5) is 13.2 Å². The Morgan fingerprint density at radius 2 is 1.74 bits per heavy atom. The van der Waals surface area contributed by atoms with E-state index in [1.54, 1.807) is 66.2 Å². The van der Waals surface area contributed by atoms with Crippen molar-refractivity contribution in [3.8, 4) is 34.3 Å². The van der Waals surface area contributed by atoms with Gasteiger partial charge in [-0.1, -0.05) is 18.2 Å². The van der Waals surface area contributed by atoms with E-state index >= 15 is 0 Å². The van der Waals surface area contributed by atoms with Crippen molar-refractivity contribution in [2.75, 3.05) is 5.75 Å². The van der Waals surface area contributed by atoms with E-state index in [0.717, 1.165) is 5.56 Å². The number of sulfonamides is 1. The van der Waals surface area contributed by atoms with Gasteiger partial charge in [0.05, 0.1) is 11.2 Å². The molecule has 4 rings (SSSR count). The average molecular weight is 550 g/mol. The Kier molecular flexibility index (Phi) is 7.35. The molecule has 0 radical (unpaired) electrons. The molecule has 0 bridgehead atoms. The number of benzene rings is 2. The van der Waals surface area contributed by atoms with E-state index in [1.165, 1.54) is 13.8 Å². The number of aromatic nitrogens is 4. The highest BCUT2D eigenvalue weighted by Crippen LogP contribution is 2.31. The Balaban J connectivity index is 1.56. The molecule has 2 aromatic carbocycles. The Bertz CT molecular complexity index is 1530. The Hall–Kier alpha value is -3.71. The van der Waals surface area contributed by atoms with Crippen LogP contribution >= 0.6 is 0 Å². The van der Waals surface area contributed by atoms with Gasteiger partial charge in [-0.25, -0.2) is 17.8 Å². The van der Waals surface area contributed by atoms with Gasteiger partial charge in [-0.05, 0) is 56.7 Å². The first kappa shape index (κ1) is 27.3. The predicted octanol–water partition coefficient (Wildman–Crippen LogP) is 5.44. The third kappa shape index (κ3) is 6.58. The highest BCUT2D eigenvalue weighted by atomic mass is 32.2. The zero-order valence-corrected chi connectivity index (χ0v) is 21.9. The zero-order chi connectivity index (χ0) is 27.7. The van der Waals surface area contributed by atoms with Gasteiger partial charge in [-0.2, -0.15) is 18.3 Å². The molecule has 0 aliphatic rings. The molecule has 2 heterocycles. The smallest absolute Gasteiger partial charge is 0.404 e. The van der Waals surface area contributed by atoms with Crippen LogP contribution in [0.3, 0.4) is 0 Å². The Labute approximate surface area is 217 Å². The summed E-state index contributed by atoms with van der Waals surface area (Å²) in [4.78, 5) is 0. The molecule has 0 saturated carbocycles. The lowest BCUT2D eigenvalue weighted by Crippen LogP contribution is -2.44. The predicted molar refractivity (Wildman–Crippen MR) is 134 cm³/mol. The van der Waals surface area contributed by atoms with Gasteiger partial charge in [-0.3, -0.25) is 0 Å². The van der Waals surface area contributed by atoms with Gasteiger partial charge in [0.25, 0.3) is 0 Å². The summed E-state index contributed by atoms with van der Waals surface area (Å²) in [5.74, 6) is -0.0656. The maximum absolute atomic E-state index is 12.7. The molecule has 0 spiro atoms. The molecule has 0 saturated heterocycles. The van der Waals surface area contributed by atoms with Crippen molar-refractivity contribution in [1.82, 2.24) is 24.7 Å². The number of alkyl halides is 3. The summed E-state index contributed by atoms with van der Waals surface area (Å²) in [7, 11) is -4.61. The lowest BCUT2D eigenvalue weighted by Gasteiger charge is -2.27. The summed E-state index contributed by atoms with van der Waals surface area (Å²) >= 11 is 0. The second-order valence-electron chi connectivity index (χ2n) is 9.12. The minimum absolute atomic E-state index is 0.401. The van der Waals surface area contributed by atoms with Gasteiger partial charge in [0.15, 0.2) is 5.75 Å². The average Bonchev–Trinajstić information content (AvgIpc) is 3.43. The topological polar surface area (TPSA) is 112 Å². The van der Waals surface area contributed by atoms with Gasteiger partial charge >= 0.3 is 6.18 Å². The number of hydrogen-bond donors (Lipinski definition) is 1. The summed E-state index contributed by atoms with van der Waals surface area (Å²) in [5.41, 5.74) is 1.11. The van der Waals surface area contributed by atoms with Gasteiger partial charge in [0.1, 0.15) is 5.75 Å². The number of hydrogen-bond acceptors (Lipinski definition) is 7. The fourth-order valence-corrected chi connectivity index (χ4v) is 5.21. The van der Waals surface area contributed by atoms with Crippen LogP contribution in [0.15, 0.2) is 59.0 Å². The van der Waals surface area contributed by atoms with E-state index in [-0.39, 0.29) is 0 Å². The summed E-state index contributed by atoms with van der Waals surface area (Å²) in [5, 5.41) is 12.4. The number of ether oxygens (including phenoxy) is 1. The number of halogens is 3. The first-order valence-corrected chi connectivity index (χ1v) is 13.3. The van der Waals surface area contributed by atoms with Crippen LogP contribution in [-0.2, 0) is 22.1 Å². The van der Waals surface area contributed by atoms with Crippen LogP contribution in [0, 0.1) is 6.92 Å². The fraction of sp³-hybridized carbons (Fsp3) is 0.320.